The Morgan fingerprint density at radius 3 is 1.60 bits per heavy atom. The molecule has 0 bridgehead atoms. The summed E-state index contributed by atoms with van der Waals surface area (Å²) in [6.07, 6.45) is 15.4. The molecule has 0 saturated heterocycles. The van der Waals surface area contributed by atoms with E-state index < -0.39 is 0 Å². The van der Waals surface area contributed by atoms with E-state index in [1.165, 1.54) is 70.6 Å². The van der Waals surface area contributed by atoms with Crippen LogP contribution in [0.15, 0.2) is 0 Å². The van der Waals surface area contributed by atoms with Gasteiger partial charge in [-0.05, 0) is 13.3 Å². The zero-order valence-corrected chi connectivity index (χ0v) is 12.0. The van der Waals surface area contributed by atoms with Crippen LogP contribution in [0.4, 0.5) is 0 Å². The normalized spacial score (nSPS) is 13.0. The van der Waals surface area contributed by atoms with Gasteiger partial charge in [-0.1, -0.05) is 87.1 Å². The van der Waals surface area contributed by atoms with Gasteiger partial charge in [0, 0.05) is 4.83 Å². The van der Waals surface area contributed by atoms with Gasteiger partial charge in [-0.15, -0.1) is 0 Å². The SMILES string of the molecule is [CH2]C(Br)CCCCCCCCCCCC. The van der Waals surface area contributed by atoms with Crippen molar-refractivity contribution in [3.05, 3.63) is 6.92 Å². The van der Waals surface area contributed by atoms with Crippen molar-refractivity contribution >= 4 is 15.9 Å². The van der Waals surface area contributed by atoms with Gasteiger partial charge < -0.3 is 0 Å². The minimum absolute atomic E-state index is 0.464. The van der Waals surface area contributed by atoms with Crippen LogP contribution in [-0.2, 0) is 0 Å². The van der Waals surface area contributed by atoms with E-state index >= 15 is 0 Å². The lowest BCUT2D eigenvalue weighted by atomic mass is 10.1. The van der Waals surface area contributed by atoms with Gasteiger partial charge in [0.2, 0.25) is 0 Å². The summed E-state index contributed by atoms with van der Waals surface area (Å²) < 4.78 is 0. The predicted octanol–water partition coefficient (Wildman–Crippen LogP) is 5.89. The van der Waals surface area contributed by atoms with Gasteiger partial charge in [-0.3, -0.25) is 0 Å². The first-order chi connectivity index (χ1) is 7.27. The molecule has 0 heterocycles. The molecular formula is C14H28Br. The highest BCUT2D eigenvalue weighted by molar-refractivity contribution is 9.09. The van der Waals surface area contributed by atoms with E-state index in [0.29, 0.717) is 4.83 Å². The highest BCUT2D eigenvalue weighted by atomic mass is 79.9. The van der Waals surface area contributed by atoms with Gasteiger partial charge in [0.05, 0.1) is 0 Å². The summed E-state index contributed by atoms with van der Waals surface area (Å²) in [4.78, 5) is 0.464. The molecule has 0 aromatic rings. The fourth-order valence-electron chi connectivity index (χ4n) is 1.85. The molecule has 0 N–H and O–H groups in total. The molecule has 0 aliphatic heterocycles. The summed E-state index contributed by atoms with van der Waals surface area (Å²) in [6.45, 7) is 6.21. The Morgan fingerprint density at radius 1 is 0.800 bits per heavy atom. The third-order valence-electron chi connectivity index (χ3n) is 2.87. The summed E-state index contributed by atoms with van der Waals surface area (Å²) >= 11 is 3.48. The minimum Gasteiger partial charge on any atom is -0.0891 e. The van der Waals surface area contributed by atoms with Crippen molar-refractivity contribution in [3.63, 3.8) is 0 Å². The molecule has 91 valence electrons. The second kappa shape index (κ2) is 12.5. The second-order valence-electron chi connectivity index (χ2n) is 4.57. The minimum atomic E-state index is 0.464. The molecular weight excluding hydrogens is 248 g/mol. The van der Waals surface area contributed by atoms with Crippen LogP contribution in [0.5, 0.6) is 0 Å². The lowest BCUT2D eigenvalue weighted by Crippen LogP contribution is -1.89. The zero-order valence-electron chi connectivity index (χ0n) is 10.4. The van der Waals surface area contributed by atoms with Crippen molar-refractivity contribution < 1.29 is 0 Å². The van der Waals surface area contributed by atoms with Gasteiger partial charge in [0.1, 0.15) is 0 Å². The van der Waals surface area contributed by atoms with Crippen LogP contribution in [-0.4, -0.2) is 4.83 Å². The summed E-state index contributed by atoms with van der Waals surface area (Å²) in [6, 6.07) is 0. The van der Waals surface area contributed by atoms with Crippen molar-refractivity contribution in [1.82, 2.24) is 0 Å². The van der Waals surface area contributed by atoms with E-state index in [2.05, 4.69) is 29.8 Å². The van der Waals surface area contributed by atoms with Gasteiger partial charge in [-0.2, -0.15) is 0 Å². The molecule has 15 heavy (non-hydrogen) atoms. The fraction of sp³-hybridized carbons (Fsp3) is 0.929. The Hall–Kier alpha value is 0.480. The zero-order chi connectivity index (χ0) is 11.4. The topological polar surface area (TPSA) is 0 Å². The van der Waals surface area contributed by atoms with Crippen LogP contribution >= 0.6 is 15.9 Å². The Morgan fingerprint density at radius 2 is 1.20 bits per heavy atom. The van der Waals surface area contributed by atoms with E-state index in [4.69, 9.17) is 0 Å². The summed E-state index contributed by atoms with van der Waals surface area (Å²) in [5.41, 5.74) is 0. The average molecular weight is 276 g/mol. The van der Waals surface area contributed by atoms with Crippen LogP contribution in [0.25, 0.3) is 0 Å². The Labute approximate surface area is 105 Å². The van der Waals surface area contributed by atoms with E-state index in [0.717, 1.165) is 0 Å². The van der Waals surface area contributed by atoms with Crippen molar-refractivity contribution in [3.8, 4) is 0 Å². The van der Waals surface area contributed by atoms with Crippen LogP contribution in [0.1, 0.15) is 77.6 Å². The van der Waals surface area contributed by atoms with E-state index in [9.17, 15) is 0 Å². The van der Waals surface area contributed by atoms with Gasteiger partial charge >= 0.3 is 0 Å². The molecule has 1 radical (unpaired) electrons. The molecule has 0 saturated carbocycles. The molecule has 0 aliphatic carbocycles. The number of halogens is 1. The van der Waals surface area contributed by atoms with Gasteiger partial charge in [-0.25, -0.2) is 0 Å². The second-order valence-corrected chi connectivity index (χ2v) is 5.86. The van der Waals surface area contributed by atoms with Crippen molar-refractivity contribution in [2.45, 2.75) is 82.4 Å². The Bertz CT molecular complexity index is 110. The monoisotopic (exact) mass is 275 g/mol. The van der Waals surface area contributed by atoms with Crippen molar-refractivity contribution in [1.29, 1.82) is 0 Å². The van der Waals surface area contributed by atoms with Crippen LogP contribution in [0.3, 0.4) is 0 Å². The molecule has 1 heteroatoms. The third kappa shape index (κ3) is 14.5. The van der Waals surface area contributed by atoms with E-state index in [1.54, 1.807) is 0 Å². The smallest absolute Gasteiger partial charge is 0.0146 e. The third-order valence-corrected chi connectivity index (χ3v) is 3.33. The first-order valence-corrected chi connectivity index (χ1v) is 7.66. The number of alkyl halides is 1. The van der Waals surface area contributed by atoms with E-state index in [-0.39, 0.29) is 0 Å². The average Bonchev–Trinajstić information content (AvgIpc) is 2.20. The number of hydrogen-bond donors (Lipinski definition) is 0. The molecule has 0 aromatic carbocycles. The maximum Gasteiger partial charge on any atom is 0.0146 e. The summed E-state index contributed by atoms with van der Waals surface area (Å²) in [7, 11) is 0. The highest BCUT2D eigenvalue weighted by Gasteiger charge is 1.96. The lowest BCUT2D eigenvalue weighted by Gasteiger charge is -2.03. The first-order valence-electron chi connectivity index (χ1n) is 6.74. The molecule has 0 aliphatic rings. The maximum atomic E-state index is 3.93. The molecule has 0 nitrogen and oxygen atoms in total. The molecule has 0 rings (SSSR count). The Balaban J connectivity index is 2.87. The van der Waals surface area contributed by atoms with E-state index in [1.807, 2.05) is 0 Å². The molecule has 1 atom stereocenters. The molecule has 0 fully saturated rings. The highest BCUT2D eigenvalue weighted by Crippen LogP contribution is 2.13. The molecule has 1 unspecified atom stereocenters. The quantitative estimate of drug-likeness (QED) is 0.326. The number of rotatable bonds is 11. The van der Waals surface area contributed by atoms with Crippen LogP contribution in [0, 0.1) is 6.92 Å². The van der Waals surface area contributed by atoms with Gasteiger partial charge in [0.15, 0.2) is 0 Å². The lowest BCUT2D eigenvalue weighted by molar-refractivity contribution is 0.552. The maximum absolute atomic E-state index is 3.93. The molecule has 0 amide bonds. The molecule has 0 aromatic heterocycles. The van der Waals surface area contributed by atoms with Crippen LogP contribution < -0.4 is 0 Å². The van der Waals surface area contributed by atoms with Gasteiger partial charge in [0.25, 0.3) is 0 Å². The first kappa shape index (κ1) is 15.5. The fourth-order valence-corrected chi connectivity index (χ4v) is 2.18. The summed E-state index contributed by atoms with van der Waals surface area (Å²) in [5, 5.41) is 0. The van der Waals surface area contributed by atoms with Crippen molar-refractivity contribution in [2.75, 3.05) is 0 Å². The van der Waals surface area contributed by atoms with Crippen LogP contribution in [0.2, 0.25) is 0 Å². The Kier molecular flexibility index (Phi) is 13.0. The largest absolute Gasteiger partial charge is 0.0891 e. The number of hydrogen-bond acceptors (Lipinski definition) is 0. The standard InChI is InChI=1S/C14H28Br/c1-3-4-5-6-7-8-9-10-11-12-13-14(2)15/h14H,2-13H2,1H3. The molecule has 0 spiro atoms. The van der Waals surface area contributed by atoms with Crippen molar-refractivity contribution in [2.24, 2.45) is 0 Å². The number of unbranched alkanes of at least 4 members (excludes halogenated alkanes) is 9. The predicted molar refractivity (Wildman–Crippen MR) is 74.5 cm³/mol. The summed E-state index contributed by atoms with van der Waals surface area (Å²) in [5.74, 6) is 0.